The molecule has 0 bridgehead atoms. The summed E-state index contributed by atoms with van der Waals surface area (Å²) in [6.07, 6.45) is 0.785. The standard InChI is InChI=1S/C7H11ClN2O2/c1-3-5(8)7-9-6(4-11-2)12-10-7/h5H,3-4H2,1-2H3. The van der Waals surface area contributed by atoms with Gasteiger partial charge < -0.3 is 9.26 Å². The van der Waals surface area contributed by atoms with Gasteiger partial charge in [-0.1, -0.05) is 12.1 Å². The summed E-state index contributed by atoms with van der Waals surface area (Å²) in [5, 5.41) is 3.54. The first kappa shape index (κ1) is 9.48. The molecule has 1 aromatic heterocycles. The molecule has 0 N–H and O–H groups in total. The average molecular weight is 191 g/mol. The number of rotatable bonds is 4. The Hall–Kier alpha value is -0.610. The molecule has 0 aliphatic carbocycles. The van der Waals surface area contributed by atoms with Gasteiger partial charge in [0.2, 0.25) is 0 Å². The lowest BCUT2D eigenvalue weighted by Gasteiger charge is -1.95. The molecule has 4 nitrogen and oxygen atoms in total. The summed E-state index contributed by atoms with van der Waals surface area (Å²) >= 11 is 5.88. The molecule has 1 unspecified atom stereocenters. The minimum atomic E-state index is -0.167. The van der Waals surface area contributed by atoms with Crippen LogP contribution in [0.5, 0.6) is 0 Å². The zero-order valence-electron chi connectivity index (χ0n) is 7.08. The fourth-order valence-electron chi connectivity index (χ4n) is 0.760. The average Bonchev–Trinajstić information content (AvgIpc) is 2.52. The van der Waals surface area contributed by atoms with Crippen LogP contribution < -0.4 is 0 Å². The van der Waals surface area contributed by atoms with Crippen LogP contribution >= 0.6 is 11.6 Å². The zero-order chi connectivity index (χ0) is 8.97. The van der Waals surface area contributed by atoms with E-state index in [4.69, 9.17) is 20.9 Å². The van der Waals surface area contributed by atoms with Gasteiger partial charge in [0.15, 0.2) is 5.82 Å². The van der Waals surface area contributed by atoms with Crippen molar-refractivity contribution in [3.8, 4) is 0 Å². The first-order chi connectivity index (χ1) is 5.77. The summed E-state index contributed by atoms with van der Waals surface area (Å²) in [5.74, 6) is 0.998. The van der Waals surface area contributed by atoms with Crippen molar-refractivity contribution in [3.05, 3.63) is 11.7 Å². The van der Waals surface area contributed by atoms with Crippen LogP contribution in [-0.4, -0.2) is 17.3 Å². The molecular formula is C7H11ClN2O2. The Morgan fingerprint density at radius 2 is 2.42 bits per heavy atom. The van der Waals surface area contributed by atoms with Gasteiger partial charge in [0.1, 0.15) is 6.61 Å². The molecule has 0 saturated carbocycles. The maximum absolute atomic E-state index is 5.88. The van der Waals surface area contributed by atoms with Crippen LogP contribution in [-0.2, 0) is 11.3 Å². The number of aromatic nitrogens is 2. The van der Waals surface area contributed by atoms with Crippen molar-refractivity contribution in [1.29, 1.82) is 0 Å². The molecular weight excluding hydrogens is 180 g/mol. The summed E-state index contributed by atoms with van der Waals surface area (Å²) in [7, 11) is 1.57. The fraction of sp³-hybridized carbons (Fsp3) is 0.714. The van der Waals surface area contributed by atoms with E-state index in [1.54, 1.807) is 7.11 Å². The highest BCUT2D eigenvalue weighted by molar-refractivity contribution is 6.20. The lowest BCUT2D eigenvalue weighted by atomic mass is 10.3. The van der Waals surface area contributed by atoms with Gasteiger partial charge in [-0.2, -0.15) is 4.98 Å². The molecule has 0 radical (unpaired) electrons. The second-order valence-electron chi connectivity index (χ2n) is 2.36. The molecule has 1 rings (SSSR count). The Kier molecular flexibility index (Phi) is 3.49. The molecule has 0 aromatic carbocycles. The van der Waals surface area contributed by atoms with Gasteiger partial charge >= 0.3 is 0 Å². The number of methoxy groups -OCH3 is 1. The SMILES string of the molecule is CCC(Cl)c1noc(COC)n1. The van der Waals surface area contributed by atoms with E-state index in [-0.39, 0.29) is 5.38 Å². The molecule has 68 valence electrons. The van der Waals surface area contributed by atoms with Gasteiger partial charge in [-0.3, -0.25) is 0 Å². The molecule has 0 saturated heterocycles. The summed E-state index contributed by atoms with van der Waals surface area (Å²) in [6, 6.07) is 0. The number of halogens is 1. The number of nitrogens with zero attached hydrogens (tertiary/aromatic N) is 2. The van der Waals surface area contributed by atoms with E-state index in [0.29, 0.717) is 18.3 Å². The largest absolute Gasteiger partial charge is 0.375 e. The molecule has 0 aliphatic rings. The minimum Gasteiger partial charge on any atom is -0.375 e. The highest BCUT2D eigenvalue weighted by atomic mass is 35.5. The van der Waals surface area contributed by atoms with Crippen LogP contribution in [0.1, 0.15) is 30.4 Å². The fourth-order valence-corrected chi connectivity index (χ4v) is 0.849. The van der Waals surface area contributed by atoms with Crippen molar-refractivity contribution in [2.24, 2.45) is 0 Å². The smallest absolute Gasteiger partial charge is 0.252 e. The van der Waals surface area contributed by atoms with Crippen LogP contribution in [0.25, 0.3) is 0 Å². The zero-order valence-corrected chi connectivity index (χ0v) is 7.84. The van der Waals surface area contributed by atoms with Crippen molar-refractivity contribution in [2.75, 3.05) is 7.11 Å². The van der Waals surface area contributed by atoms with E-state index < -0.39 is 0 Å². The van der Waals surface area contributed by atoms with Crippen molar-refractivity contribution >= 4 is 11.6 Å². The van der Waals surface area contributed by atoms with Gasteiger partial charge in [-0.15, -0.1) is 11.6 Å². The molecule has 1 heterocycles. The first-order valence-corrected chi connectivity index (χ1v) is 4.17. The Morgan fingerprint density at radius 1 is 1.67 bits per heavy atom. The molecule has 0 spiro atoms. The predicted molar refractivity (Wildman–Crippen MR) is 43.9 cm³/mol. The lowest BCUT2D eigenvalue weighted by molar-refractivity contribution is 0.151. The molecule has 12 heavy (non-hydrogen) atoms. The van der Waals surface area contributed by atoms with Crippen LogP contribution in [0.2, 0.25) is 0 Å². The van der Waals surface area contributed by atoms with Gasteiger partial charge in [0, 0.05) is 7.11 Å². The van der Waals surface area contributed by atoms with E-state index in [9.17, 15) is 0 Å². The topological polar surface area (TPSA) is 48.2 Å². The van der Waals surface area contributed by atoms with Crippen LogP contribution in [0.4, 0.5) is 0 Å². The second kappa shape index (κ2) is 4.42. The van der Waals surface area contributed by atoms with Gasteiger partial charge in [0.05, 0.1) is 5.38 Å². The normalized spacial score (nSPS) is 13.2. The Morgan fingerprint density at radius 3 is 3.00 bits per heavy atom. The summed E-state index contributed by atoms with van der Waals surface area (Å²) < 4.78 is 9.67. The molecule has 1 atom stereocenters. The highest BCUT2D eigenvalue weighted by Gasteiger charge is 2.12. The molecule has 0 amide bonds. The quantitative estimate of drug-likeness (QED) is 0.681. The van der Waals surface area contributed by atoms with Crippen molar-refractivity contribution in [2.45, 2.75) is 25.3 Å². The van der Waals surface area contributed by atoms with E-state index >= 15 is 0 Å². The number of hydrogen-bond donors (Lipinski definition) is 0. The van der Waals surface area contributed by atoms with Crippen LogP contribution in [0, 0.1) is 0 Å². The third-order valence-corrected chi connectivity index (χ3v) is 1.89. The van der Waals surface area contributed by atoms with E-state index in [1.165, 1.54) is 0 Å². The predicted octanol–water partition coefficient (Wildman–Crippen LogP) is 1.91. The summed E-state index contributed by atoms with van der Waals surface area (Å²) in [6.45, 7) is 2.30. The third kappa shape index (κ3) is 2.19. The minimum absolute atomic E-state index is 0.167. The monoisotopic (exact) mass is 190 g/mol. The number of alkyl halides is 1. The van der Waals surface area contributed by atoms with Crippen molar-refractivity contribution < 1.29 is 9.26 Å². The van der Waals surface area contributed by atoms with Gasteiger partial charge in [-0.05, 0) is 6.42 Å². The van der Waals surface area contributed by atoms with E-state index in [0.717, 1.165) is 6.42 Å². The van der Waals surface area contributed by atoms with E-state index in [2.05, 4.69) is 10.1 Å². The molecule has 5 heteroatoms. The number of ether oxygens (including phenoxy) is 1. The second-order valence-corrected chi connectivity index (χ2v) is 2.88. The molecule has 0 fully saturated rings. The Balaban J connectivity index is 2.63. The van der Waals surface area contributed by atoms with Gasteiger partial charge in [0.25, 0.3) is 5.89 Å². The Bertz CT molecular complexity index is 239. The maximum Gasteiger partial charge on any atom is 0.252 e. The molecule has 0 aliphatic heterocycles. The van der Waals surface area contributed by atoms with Crippen LogP contribution in [0.15, 0.2) is 4.52 Å². The first-order valence-electron chi connectivity index (χ1n) is 3.73. The number of hydrogen-bond acceptors (Lipinski definition) is 4. The van der Waals surface area contributed by atoms with Crippen molar-refractivity contribution in [3.63, 3.8) is 0 Å². The van der Waals surface area contributed by atoms with Crippen LogP contribution in [0.3, 0.4) is 0 Å². The molecule has 1 aromatic rings. The summed E-state index contributed by atoms with van der Waals surface area (Å²) in [4.78, 5) is 4.04. The maximum atomic E-state index is 5.88. The third-order valence-electron chi connectivity index (χ3n) is 1.39. The Labute approximate surface area is 75.9 Å². The summed E-state index contributed by atoms with van der Waals surface area (Å²) in [5.41, 5.74) is 0. The van der Waals surface area contributed by atoms with E-state index in [1.807, 2.05) is 6.92 Å². The van der Waals surface area contributed by atoms with Gasteiger partial charge in [-0.25, -0.2) is 0 Å². The van der Waals surface area contributed by atoms with Crippen molar-refractivity contribution in [1.82, 2.24) is 10.1 Å². The highest BCUT2D eigenvalue weighted by Crippen LogP contribution is 2.20. The lowest BCUT2D eigenvalue weighted by Crippen LogP contribution is -1.92.